The fourth-order valence-corrected chi connectivity index (χ4v) is 2.77. The van der Waals surface area contributed by atoms with E-state index in [9.17, 15) is 5.11 Å². The first kappa shape index (κ1) is 15.8. The van der Waals surface area contributed by atoms with Crippen LogP contribution in [-0.2, 0) is 0 Å². The molecule has 0 saturated carbocycles. The van der Waals surface area contributed by atoms with Gasteiger partial charge in [-0.05, 0) is 31.7 Å². The van der Waals surface area contributed by atoms with E-state index in [-0.39, 0.29) is 11.5 Å². The number of fused-ring (bicyclic) bond motifs is 1. The number of hydrogen-bond donors (Lipinski definition) is 1. The van der Waals surface area contributed by atoms with E-state index in [1.54, 1.807) is 0 Å². The molecule has 2 nitrogen and oxygen atoms in total. The van der Waals surface area contributed by atoms with Gasteiger partial charge in [-0.25, -0.2) is 0 Å². The highest BCUT2D eigenvalue weighted by Gasteiger charge is 2.28. The molecular weight excluding hydrogens is 258 g/mol. The SMILES string of the molecule is CC(c1ccc2ccccc2c1O)N(C)C(C)C(C)(C)C. The minimum absolute atomic E-state index is 0.170. The lowest BCUT2D eigenvalue weighted by molar-refractivity contribution is 0.103. The van der Waals surface area contributed by atoms with Crippen LogP contribution in [0.5, 0.6) is 5.75 Å². The molecule has 0 radical (unpaired) electrons. The molecule has 0 saturated heterocycles. The number of hydrogen-bond acceptors (Lipinski definition) is 2. The predicted octanol–water partition coefficient (Wildman–Crippen LogP) is 4.97. The summed E-state index contributed by atoms with van der Waals surface area (Å²) in [6.45, 7) is 11.2. The highest BCUT2D eigenvalue weighted by atomic mass is 16.3. The van der Waals surface area contributed by atoms with Crippen molar-refractivity contribution in [1.29, 1.82) is 0 Å². The summed E-state index contributed by atoms with van der Waals surface area (Å²) in [6.07, 6.45) is 0. The molecule has 0 fully saturated rings. The van der Waals surface area contributed by atoms with Crippen LogP contribution in [0.1, 0.15) is 46.2 Å². The molecule has 2 atom stereocenters. The first-order valence-electron chi connectivity index (χ1n) is 7.66. The van der Waals surface area contributed by atoms with Gasteiger partial charge in [0.05, 0.1) is 0 Å². The Kier molecular flexibility index (Phi) is 4.29. The Labute approximate surface area is 128 Å². The summed E-state index contributed by atoms with van der Waals surface area (Å²) >= 11 is 0. The molecular formula is C19H27NO. The molecule has 0 aliphatic carbocycles. The highest BCUT2D eigenvalue weighted by molar-refractivity contribution is 5.89. The molecule has 0 spiro atoms. The summed E-state index contributed by atoms with van der Waals surface area (Å²) in [5.74, 6) is 0.411. The van der Waals surface area contributed by atoms with Gasteiger partial charge in [0.1, 0.15) is 5.75 Å². The Morgan fingerprint density at radius 2 is 1.62 bits per heavy atom. The lowest BCUT2D eigenvalue weighted by Gasteiger charge is -2.39. The van der Waals surface area contributed by atoms with Crippen LogP contribution in [0.2, 0.25) is 0 Å². The van der Waals surface area contributed by atoms with Crippen LogP contribution >= 0.6 is 0 Å². The molecule has 2 unspecified atom stereocenters. The van der Waals surface area contributed by atoms with Crippen molar-refractivity contribution in [2.75, 3.05) is 7.05 Å². The molecule has 2 rings (SSSR count). The van der Waals surface area contributed by atoms with E-state index in [1.165, 1.54) is 0 Å². The second-order valence-corrected chi connectivity index (χ2v) is 7.11. The van der Waals surface area contributed by atoms with Gasteiger partial charge in [-0.2, -0.15) is 0 Å². The van der Waals surface area contributed by atoms with Crippen molar-refractivity contribution in [3.8, 4) is 5.75 Å². The topological polar surface area (TPSA) is 23.5 Å². The zero-order chi connectivity index (χ0) is 15.8. The van der Waals surface area contributed by atoms with E-state index in [0.717, 1.165) is 16.3 Å². The second-order valence-electron chi connectivity index (χ2n) is 7.11. The minimum atomic E-state index is 0.170. The van der Waals surface area contributed by atoms with Crippen molar-refractivity contribution in [1.82, 2.24) is 4.90 Å². The fourth-order valence-electron chi connectivity index (χ4n) is 2.77. The molecule has 114 valence electrons. The zero-order valence-corrected chi connectivity index (χ0v) is 14.0. The van der Waals surface area contributed by atoms with Gasteiger partial charge in [0.25, 0.3) is 0 Å². The summed E-state index contributed by atoms with van der Waals surface area (Å²) in [6, 6.07) is 12.7. The number of nitrogens with zero attached hydrogens (tertiary/aromatic N) is 1. The van der Waals surface area contributed by atoms with Crippen LogP contribution in [0, 0.1) is 5.41 Å². The number of aromatic hydroxyl groups is 1. The van der Waals surface area contributed by atoms with Crippen LogP contribution in [-0.4, -0.2) is 23.1 Å². The van der Waals surface area contributed by atoms with Gasteiger partial charge < -0.3 is 5.11 Å². The molecule has 0 aliphatic rings. The predicted molar refractivity (Wildman–Crippen MR) is 90.7 cm³/mol. The standard InChI is InChI=1S/C19H27NO/c1-13(20(6)14(2)19(3,4)5)16-12-11-15-9-7-8-10-17(15)18(16)21/h7-14,21H,1-6H3. The number of phenolic OH excluding ortho intramolecular Hbond substituents is 1. The monoisotopic (exact) mass is 285 g/mol. The van der Waals surface area contributed by atoms with Gasteiger partial charge in [0.15, 0.2) is 0 Å². The van der Waals surface area contributed by atoms with Crippen molar-refractivity contribution >= 4 is 10.8 Å². The van der Waals surface area contributed by atoms with Gasteiger partial charge in [0, 0.05) is 23.0 Å². The Hall–Kier alpha value is -1.54. The van der Waals surface area contributed by atoms with E-state index in [2.05, 4.69) is 52.6 Å². The smallest absolute Gasteiger partial charge is 0.128 e. The average Bonchev–Trinajstić information content (AvgIpc) is 2.44. The lowest BCUT2D eigenvalue weighted by atomic mass is 9.86. The average molecular weight is 285 g/mol. The van der Waals surface area contributed by atoms with Gasteiger partial charge >= 0.3 is 0 Å². The van der Waals surface area contributed by atoms with E-state index >= 15 is 0 Å². The van der Waals surface area contributed by atoms with Crippen molar-refractivity contribution in [2.24, 2.45) is 5.41 Å². The normalized spacial score (nSPS) is 15.4. The Morgan fingerprint density at radius 1 is 1.00 bits per heavy atom. The van der Waals surface area contributed by atoms with Crippen LogP contribution in [0.4, 0.5) is 0 Å². The van der Waals surface area contributed by atoms with Crippen molar-refractivity contribution in [3.63, 3.8) is 0 Å². The van der Waals surface area contributed by atoms with Gasteiger partial charge in [-0.1, -0.05) is 57.2 Å². The van der Waals surface area contributed by atoms with Gasteiger partial charge in [0.2, 0.25) is 0 Å². The van der Waals surface area contributed by atoms with Crippen LogP contribution in [0.15, 0.2) is 36.4 Å². The summed E-state index contributed by atoms with van der Waals surface area (Å²) in [5.41, 5.74) is 1.20. The lowest BCUT2D eigenvalue weighted by Crippen LogP contribution is -2.40. The van der Waals surface area contributed by atoms with Crippen molar-refractivity contribution < 1.29 is 5.11 Å². The molecule has 0 amide bonds. The summed E-state index contributed by atoms with van der Waals surface area (Å²) < 4.78 is 0. The van der Waals surface area contributed by atoms with Crippen LogP contribution in [0.25, 0.3) is 10.8 Å². The van der Waals surface area contributed by atoms with Crippen molar-refractivity contribution in [2.45, 2.75) is 46.7 Å². The number of rotatable bonds is 3. The molecule has 0 heterocycles. The first-order chi connectivity index (χ1) is 9.73. The maximum absolute atomic E-state index is 10.6. The van der Waals surface area contributed by atoms with Gasteiger partial charge in [-0.15, -0.1) is 0 Å². The number of phenols is 1. The van der Waals surface area contributed by atoms with Crippen LogP contribution < -0.4 is 0 Å². The molecule has 2 heteroatoms. The van der Waals surface area contributed by atoms with Gasteiger partial charge in [-0.3, -0.25) is 4.90 Å². The minimum Gasteiger partial charge on any atom is -0.507 e. The maximum atomic E-state index is 10.6. The third-order valence-electron chi connectivity index (χ3n) is 4.86. The summed E-state index contributed by atoms with van der Waals surface area (Å²) in [4.78, 5) is 2.34. The third-order valence-corrected chi connectivity index (χ3v) is 4.86. The Bertz CT molecular complexity index is 627. The number of benzene rings is 2. The zero-order valence-electron chi connectivity index (χ0n) is 14.0. The summed E-state index contributed by atoms with van der Waals surface area (Å²) in [7, 11) is 2.13. The quantitative estimate of drug-likeness (QED) is 0.860. The fraction of sp³-hybridized carbons (Fsp3) is 0.474. The maximum Gasteiger partial charge on any atom is 0.128 e. The molecule has 1 N–H and O–H groups in total. The first-order valence-corrected chi connectivity index (χ1v) is 7.66. The molecule has 0 bridgehead atoms. The Morgan fingerprint density at radius 3 is 2.24 bits per heavy atom. The largest absolute Gasteiger partial charge is 0.507 e. The van der Waals surface area contributed by atoms with Crippen molar-refractivity contribution in [3.05, 3.63) is 42.0 Å². The second kappa shape index (κ2) is 5.69. The van der Waals surface area contributed by atoms with E-state index < -0.39 is 0 Å². The van der Waals surface area contributed by atoms with E-state index in [1.807, 2.05) is 30.3 Å². The molecule has 0 aromatic heterocycles. The third kappa shape index (κ3) is 3.06. The van der Waals surface area contributed by atoms with E-state index in [4.69, 9.17) is 0 Å². The Balaban J connectivity index is 2.40. The molecule has 0 aliphatic heterocycles. The molecule has 21 heavy (non-hydrogen) atoms. The highest BCUT2D eigenvalue weighted by Crippen LogP contribution is 2.37. The molecule has 2 aromatic rings. The van der Waals surface area contributed by atoms with E-state index in [0.29, 0.717) is 11.8 Å². The summed E-state index contributed by atoms with van der Waals surface area (Å²) in [5, 5.41) is 12.6. The molecule has 2 aromatic carbocycles. The van der Waals surface area contributed by atoms with Crippen LogP contribution in [0.3, 0.4) is 0 Å².